The van der Waals surface area contributed by atoms with Crippen molar-refractivity contribution in [3.05, 3.63) is 63.0 Å². The summed E-state index contributed by atoms with van der Waals surface area (Å²) < 4.78 is 28.9. The van der Waals surface area contributed by atoms with Crippen molar-refractivity contribution in [3.63, 3.8) is 0 Å². The van der Waals surface area contributed by atoms with Crippen LogP contribution >= 0.6 is 15.9 Å². The molecule has 0 bridgehead atoms. The summed E-state index contributed by atoms with van der Waals surface area (Å²) >= 11 is 3.28. The van der Waals surface area contributed by atoms with E-state index in [9.17, 15) is 18.0 Å². The number of hydrogen-bond donors (Lipinski definition) is 0. The van der Waals surface area contributed by atoms with Crippen LogP contribution in [0.5, 0.6) is 0 Å². The number of carbonyl (C=O) groups excluding carboxylic acids is 1. The van der Waals surface area contributed by atoms with Gasteiger partial charge in [-0.05, 0) is 41.1 Å². The zero-order chi connectivity index (χ0) is 19.6. The van der Waals surface area contributed by atoms with Crippen LogP contribution in [-0.2, 0) is 21.4 Å². The Balaban J connectivity index is 1.64. The monoisotopic (exact) mass is 453 g/mol. The van der Waals surface area contributed by atoms with Gasteiger partial charge >= 0.3 is 0 Å². The molecule has 1 saturated heterocycles. The largest absolute Gasteiger partial charge is 0.339 e. The van der Waals surface area contributed by atoms with Crippen molar-refractivity contribution in [2.24, 2.45) is 0 Å². The predicted octanol–water partition coefficient (Wildman–Crippen LogP) is 1.45. The first-order chi connectivity index (χ1) is 12.8. The molecule has 3 rings (SSSR count). The van der Waals surface area contributed by atoms with Gasteiger partial charge in [-0.2, -0.15) is 4.31 Å². The zero-order valence-corrected chi connectivity index (χ0v) is 17.2. The van der Waals surface area contributed by atoms with Gasteiger partial charge in [-0.15, -0.1) is 0 Å². The fraction of sp³-hybridized carbons (Fsp3) is 0.333. The molecule has 2 aromatic rings. The number of pyridine rings is 1. The lowest BCUT2D eigenvalue weighted by Crippen LogP contribution is -2.51. The van der Waals surface area contributed by atoms with Crippen LogP contribution in [0.3, 0.4) is 0 Å². The van der Waals surface area contributed by atoms with Gasteiger partial charge in [0.25, 0.3) is 5.56 Å². The molecule has 0 spiro atoms. The van der Waals surface area contributed by atoms with Crippen LogP contribution in [0, 0.1) is 6.92 Å². The SMILES string of the molecule is Cc1ccc(S(=O)(=O)N2CCN(C(=O)Cn3cc(Br)ccc3=O)CC2)cc1. The number of aromatic nitrogens is 1. The summed E-state index contributed by atoms with van der Waals surface area (Å²) in [6, 6.07) is 9.75. The highest BCUT2D eigenvalue weighted by Gasteiger charge is 2.30. The first-order valence-corrected chi connectivity index (χ1v) is 10.7. The van der Waals surface area contributed by atoms with Gasteiger partial charge in [-0.25, -0.2) is 8.42 Å². The van der Waals surface area contributed by atoms with Crippen molar-refractivity contribution in [2.75, 3.05) is 26.2 Å². The highest BCUT2D eigenvalue weighted by molar-refractivity contribution is 9.10. The second-order valence-corrected chi connectivity index (χ2v) is 9.26. The van der Waals surface area contributed by atoms with Gasteiger partial charge < -0.3 is 9.47 Å². The molecule has 1 fully saturated rings. The van der Waals surface area contributed by atoms with Gasteiger partial charge in [0.15, 0.2) is 0 Å². The molecule has 144 valence electrons. The maximum Gasteiger partial charge on any atom is 0.251 e. The topological polar surface area (TPSA) is 79.7 Å². The number of benzene rings is 1. The van der Waals surface area contributed by atoms with Crippen LogP contribution in [0.25, 0.3) is 0 Å². The maximum absolute atomic E-state index is 12.7. The standard InChI is InChI=1S/C18H20BrN3O4S/c1-14-2-5-16(6-3-14)27(25,26)22-10-8-20(9-11-22)18(24)13-21-12-15(19)4-7-17(21)23/h2-7,12H,8-11,13H2,1H3. The number of sulfonamides is 1. The normalized spacial score (nSPS) is 15.7. The van der Waals surface area contributed by atoms with Gasteiger partial charge in [0.2, 0.25) is 15.9 Å². The first kappa shape index (κ1) is 19.8. The fourth-order valence-electron chi connectivity index (χ4n) is 2.91. The lowest BCUT2D eigenvalue weighted by Gasteiger charge is -2.34. The van der Waals surface area contributed by atoms with Crippen LogP contribution in [0.4, 0.5) is 0 Å². The summed E-state index contributed by atoms with van der Waals surface area (Å²) in [5.41, 5.74) is 0.735. The number of halogens is 1. The minimum atomic E-state index is -3.57. The Labute approximate surface area is 166 Å². The highest BCUT2D eigenvalue weighted by Crippen LogP contribution is 2.18. The second kappa shape index (κ2) is 7.95. The molecular weight excluding hydrogens is 434 g/mol. The summed E-state index contributed by atoms with van der Waals surface area (Å²) in [6.07, 6.45) is 1.57. The van der Waals surface area contributed by atoms with Gasteiger partial charge in [-0.1, -0.05) is 17.7 Å². The van der Waals surface area contributed by atoms with Crippen molar-refractivity contribution in [3.8, 4) is 0 Å². The Kier molecular flexibility index (Phi) is 5.83. The molecule has 0 unspecified atom stereocenters. The van der Waals surface area contributed by atoms with Crippen molar-refractivity contribution >= 4 is 31.9 Å². The molecule has 0 atom stereocenters. The number of amides is 1. The molecule has 0 aliphatic carbocycles. The third kappa shape index (κ3) is 4.48. The molecule has 0 radical (unpaired) electrons. The number of piperazine rings is 1. The zero-order valence-electron chi connectivity index (χ0n) is 14.8. The van der Waals surface area contributed by atoms with E-state index in [1.54, 1.807) is 41.4 Å². The van der Waals surface area contributed by atoms with E-state index in [1.165, 1.54) is 14.9 Å². The van der Waals surface area contributed by atoms with E-state index in [-0.39, 0.29) is 36.0 Å². The summed E-state index contributed by atoms with van der Waals surface area (Å²) in [5, 5.41) is 0. The minimum absolute atomic E-state index is 0.0665. The van der Waals surface area contributed by atoms with E-state index in [0.717, 1.165) is 5.56 Å². The summed E-state index contributed by atoms with van der Waals surface area (Å²) in [6.45, 7) is 2.89. The highest BCUT2D eigenvalue weighted by atomic mass is 79.9. The summed E-state index contributed by atoms with van der Waals surface area (Å²) in [5.74, 6) is -0.206. The van der Waals surface area contributed by atoms with Crippen LogP contribution in [0.1, 0.15) is 5.56 Å². The molecule has 1 aromatic carbocycles. The Morgan fingerprint density at radius 1 is 1.04 bits per heavy atom. The van der Waals surface area contributed by atoms with Crippen LogP contribution in [0.15, 0.2) is 56.8 Å². The molecule has 1 aliphatic heterocycles. The van der Waals surface area contributed by atoms with Crippen LogP contribution < -0.4 is 5.56 Å². The Morgan fingerprint density at radius 3 is 2.30 bits per heavy atom. The molecule has 7 nitrogen and oxygen atoms in total. The molecule has 1 amide bonds. The van der Waals surface area contributed by atoms with E-state index < -0.39 is 10.0 Å². The van der Waals surface area contributed by atoms with Gasteiger partial charge in [0, 0.05) is 42.9 Å². The van der Waals surface area contributed by atoms with Gasteiger partial charge in [0.1, 0.15) is 6.54 Å². The quantitative estimate of drug-likeness (QED) is 0.701. The first-order valence-electron chi connectivity index (χ1n) is 8.48. The van der Waals surface area contributed by atoms with E-state index in [1.807, 2.05) is 6.92 Å². The Morgan fingerprint density at radius 2 is 1.67 bits per heavy atom. The number of rotatable bonds is 4. The van der Waals surface area contributed by atoms with Crippen LogP contribution in [-0.4, -0.2) is 54.3 Å². The van der Waals surface area contributed by atoms with Crippen molar-refractivity contribution < 1.29 is 13.2 Å². The minimum Gasteiger partial charge on any atom is -0.339 e. The van der Waals surface area contributed by atoms with Crippen molar-refractivity contribution in [1.82, 2.24) is 13.8 Å². The lowest BCUT2D eigenvalue weighted by molar-refractivity contribution is -0.133. The van der Waals surface area contributed by atoms with Crippen molar-refractivity contribution in [2.45, 2.75) is 18.4 Å². The van der Waals surface area contributed by atoms with E-state index >= 15 is 0 Å². The number of hydrogen-bond acceptors (Lipinski definition) is 4. The molecule has 1 aliphatic rings. The Hall–Kier alpha value is -1.97. The predicted molar refractivity (Wildman–Crippen MR) is 105 cm³/mol. The lowest BCUT2D eigenvalue weighted by atomic mass is 10.2. The molecule has 0 saturated carbocycles. The molecule has 0 N–H and O–H groups in total. The van der Waals surface area contributed by atoms with Crippen LogP contribution in [0.2, 0.25) is 0 Å². The average Bonchev–Trinajstić information content (AvgIpc) is 2.65. The average molecular weight is 454 g/mol. The van der Waals surface area contributed by atoms with E-state index in [2.05, 4.69) is 15.9 Å². The number of carbonyl (C=O) groups is 1. The molecule has 27 heavy (non-hydrogen) atoms. The summed E-state index contributed by atoms with van der Waals surface area (Å²) in [4.78, 5) is 26.2. The number of nitrogens with zero attached hydrogens (tertiary/aromatic N) is 3. The second-order valence-electron chi connectivity index (χ2n) is 6.41. The smallest absolute Gasteiger partial charge is 0.251 e. The Bertz CT molecular complexity index is 994. The van der Waals surface area contributed by atoms with E-state index in [4.69, 9.17) is 0 Å². The third-order valence-electron chi connectivity index (χ3n) is 4.50. The van der Waals surface area contributed by atoms with Gasteiger partial charge in [0.05, 0.1) is 4.90 Å². The summed E-state index contributed by atoms with van der Waals surface area (Å²) in [7, 11) is -3.57. The molecule has 2 heterocycles. The molecular formula is C18H20BrN3O4S. The third-order valence-corrected chi connectivity index (χ3v) is 6.89. The van der Waals surface area contributed by atoms with Crippen molar-refractivity contribution in [1.29, 1.82) is 0 Å². The fourth-order valence-corrected chi connectivity index (χ4v) is 4.71. The maximum atomic E-state index is 12.7. The molecule has 1 aromatic heterocycles. The molecule has 9 heteroatoms. The number of aryl methyl sites for hydroxylation is 1. The van der Waals surface area contributed by atoms with E-state index in [0.29, 0.717) is 17.6 Å². The van der Waals surface area contributed by atoms with Gasteiger partial charge in [-0.3, -0.25) is 9.59 Å².